The Kier molecular flexibility index (Phi) is 3.45. The zero-order valence-corrected chi connectivity index (χ0v) is 11.5. The lowest BCUT2D eigenvalue weighted by atomic mass is 10.1. The third-order valence-electron chi connectivity index (χ3n) is 3.25. The zero-order valence-electron chi connectivity index (χ0n) is 10.7. The summed E-state index contributed by atoms with van der Waals surface area (Å²) in [5, 5.41) is 1.05. The van der Waals surface area contributed by atoms with Crippen LogP contribution in [0.15, 0.2) is 24.3 Å². The Labute approximate surface area is 107 Å². The molecule has 1 aromatic heterocycles. The number of hydrogen-bond donors (Lipinski definition) is 1. The molecule has 2 rings (SSSR count). The van der Waals surface area contributed by atoms with E-state index in [1.54, 1.807) is 6.92 Å². The molecule has 0 aliphatic rings. The van der Waals surface area contributed by atoms with Crippen molar-refractivity contribution in [2.75, 3.05) is 5.75 Å². The maximum atomic E-state index is 11.7. The maximum Gasteiger partial charge on any atom is 0.155 e. The van der Waals surface area contributed by atoms with Gasteiger partial charge in [0.15, 0.2) is 9.84 Å². The number of aryl methyl sites for hydroxylation is 1. The van der Waals surface area contributed by atoms with Crippen molar-refractivity contribution in [3.63, 3.8) is 0 Å². The van der Waals surface area contributed by atoms with E-state index in [9.17, 15) is 8.42 Å². The monoisotopic (exact) mass is 266 g/mol. The second kappa shape index (κ2) is 4.74. The minimum atomic E-state index is -3.00. The molecule has 18 heavy (non-hydrogen) atoms. The molecule has 0 radical (unpaired) electrons. The average Bonchev–Trinajstić information content (AvgIpc) is 2.65. The molecule has 1 aromatic carbocycles. The van der Waals surface area contributed by atoms with E-state index in [1.807, 2.05) is 35.9 Å². The number of fused-ring (bicyclic) bond motifs is 1. The standard InChI is InChI=1S/C13H18N2O2S/c1-3-18(16,17)9-12-7-11-5-4-10(8-14)6-13(11)15(12)2/h4-7H,3,8-9,14H2,1-2H3. The van der Waals surface area contributed by atoms with Gasteiger partial charge in [0.05, 0.1) is 5.75 Å². The molecule has 0 atom stereocenters. The van der Waals surface area contributed by atoms with Crippen LogP contribution in [-0.4, -0.2) is 18.7 Å². The maximum absolute atomic E-state index is 11.7. The highest BCUT2D eigenvalue weighted by Gasteiger charge is 2.13. The molecule has 0 bridgehead atoms. The number of hydrogen-bond acceptors (Lipinski definition) is 3. The Morgan fingerprint density at radius 2 is 2.00 bits per heavy atom. The predicted octanol–water partition coefficient (Wildman–Crippen LogP) is 1.57. The van der Waals surface area contributed by atoms with Gasteiger partial charge in [-0.25, -0.2) is 8.42 Å². The summed E-state index contributed by atoms with van der Waals surface area (Å²) in [4.78, 5) is 0. The minimum Gasteiger partial charge on any atom is -0.347 e. The molecule has 0 unspecified atom stereocenters. The van der Waals surface area contributed by atoms with E-state index in [0.717, 1.165) is 22.2 Å². The van der Waals surface area contributed by atoms with Crippen molar-refractivity contribution in [3.8, 4) is 0 Å². The van der Waals surface area contributed by atoms with Gasteiger partial charge >= 0.3 is 0 Å². The van der Waals surface area contributed by atoms with E-state index in [1.165, 1.54) is 0 Å². The first-order valence-electron chi connectivity index (χ1n) is 5.94. The van der Waals surface area contributed by atoms with Crippen molar-refractivity contribution in [2.24, 2.45) is 12.8 Å². The molecule has 98 valence electrons. The van der Waals surface area contributed by atoms with Crippen molar-refractivity contribution in [1.29, 1.82) is 0 Å². The largest absolute Gasteiger partial charge is 0.347 e. The SMILES string of the molecule is CCS(=O)(=O)Cc1cc2ccc(CN)cc2n1C. The first-order chi connectivity index (χ1) is 8.46. The molecule has 0 fully saturated rings. The smallest absolute Gasteiger partial charge is 0.155 e. The third kappa shape index (κ3) is 2.42. The lowest BCUT2D eigenvalue weighted by Crippen LogP contribution is -2.09. The van der Waals surface area contributed by atoms with Crippen LogP contribution in [0.4, 0.5) is 0 Å². The van der Waals surface area contributed by atoms with Gasteiger partial charge in [0, 0.05) is 30.6 Å². The summed E-state index contributed by atoms with van der Waals surface area (Å²) in [6, 6.07) is 7.90. The molecule has 0 saturated carbocycles. The topological polar surface area (TPSA) is 65.1 Å². The highest BCUT2D eigenvalue weighted by molar-refractivity contribution is 7.90. The fraction of sp³-hybridized carbons (Fsp3) is 0.385. The highest BCUT2D eigenvalue weighted by atomic mass is 32.2. The van der Waals surface area contributed by atoms with E-state index >= 15 is 0 Å². The number of benzene rings is 1. The number of aromatic nitrogens is 1. The van der Waals surface area contributed by atoms with Crippen LogP contribution < -0.4 is 5.73 Å². The summed E-state index contributed by atoms with van der Waals surface area (Å²) in [6.45, 7) is 2.16. The number of nitrogens with two attached hydrogens (primary N) is 1. The Morgan fingerprint density at radius 1 is 1.28 bits per heavy atom. The molecule has 0 aliphatic heterocycles. The van der Waals surface area contributed by atoms with E-state index in [4.69, 9.17) is 5.73 Å². The second-order valence-corrected chi connectivity index (χ2v) is 6.82. The van der Waals surface area contributed by atoms with Crippen molar-refractivity contribution in [3.05, 3.63) is 35.5 Å². The normalized spacial score (nSPS) is 12.2. The molecule has 2 N–H and O–H groups in total. The molecule has 0 amide bonds. The van der Waals surface area contributed by atoms with Crippen molar-refractivity contribution in [1.82, 2.24) is 4.57 Å². The number of nitrogens with zero attached hydrogens (tertiary/aromatic N) is 1. The fourth-order valence-corrected chi connectivity index (χ4v) is 2.96. The number of sulfone groups is 1. The first-order valence-corrected chi connectivity index (χ1v) is 7.76. The predicted molar refractivity (Wildman–Crippen MR) is 74.0 cm³/mol. The van der Waals surface area contributed by atoms with Gasteiger partial charge in [-0.15, -0.1) is 0 Å². The molecular formula is C13H18N2O2S. The lowest BCUT2D eigenvalue weighted by molar-refractivity contribution is 0.595. The van der Waals surface area contributed by atoms with Gasteiger partial charge < -0.3 is 10.3 Å². The summed E-state index contributed by atoms with van der Waals surface area (Å²) < 4.78 is 25.3. The van der Waals surface area contributed by atoms with Crippen LogP contribution in [-0.2, 0) is 29.2 Å². The van der Waals surface area contributed by atoms with E-state index < -0.39 is 9.84 Å². The Morgan fingerprint density at radius 3 is 2.61 bits per heavy atom. The summed E-state index contributed by atoms with van der Waals surface area (Å²) in [7, 11) is -1.11. The van der Waals surface area contributed by atoms with Crippen LogP contribution in [0, 0.1) is 0 Å². The molecule has 2 aromatic rings. The summed E-state index contributed by atoms with van der Waals surface area (Å²) in [5.74, 6) is 0.259. The first kappa shape index (κ1) is 13.1. The van der Waals surface area contributed by atoms with Crippen molar-refractivity contribution in [2.45, 2.75) is 19.2 Å². The van der Waals surface area contributed by atoms with Crippen LogP contribution in [0.2, 0.25) is 0 Å². The zero-order chi connectivity index (χ0) is 13.3. The molecule has 0 spiro atoms. The van der Waals surface area contributed by atoms with Crippen LogP contribution in [0.3, 0.4) is 0 Å². The van der Waals surface area contributed by atoms with Crippen LogP contribution in [0.1, 0.15) is 18.2 Å². The van der Waals surface area contributed by atoms with Crippen LogP contribution in [0.25, 0.3) is 10.9 Å². The van der Waals surface area contributed by atoms with Crippen molar-refractivity contribution >= 4 is 20.7 Å². The van der Waals surface area contributed by atoms with Gasteiger partial charge in [0.25, 0.3) is 0 Å². The quantitative estimate of drug-likeness (QED) is 0.913. The Hall–Kier alpha value is -1.33. The Bertz CT molecular complexity index is 672. The van der Waals surface area contributed by atoms with Gasteiger partial charge in [-0.3, -0.25) is 0 Å². The van der Waals surface area contributed by atoms with Crippen molar-refractivity contribution < 1.29 is 8.42 Å². The molecule has 0 saturated heterocycles. The van der Waals surface area contributed by atoms with Crippen LogP contribution >= 0.6 is 0 Å². The summed E-state index contributed by atoms with van der Waals surface area (Å²) in [5.41, 5.74) is 8.51. The molecule has 1 heterocycles. The molecule has 0 aliphatic carbocycles. The van der Waals surface area contributed by atoms with Crippen LogP contribution in [0.5, 0.6) is 0 Å². The molecule has 4 nitrogen and oxygen atoms in total. The summed E-state index contributed by atoms with van der Waals surface area (Å²) in [6.07, 6.45) is 0. The van der Waals surface area contributed by atoms with Gasteiger partial charge in [0.2, 0.25) is 0 Å². The van der Waals surface area contributed by atoms with Gasteiger partial charge in [-0.1, -0.05) is 19.1 Å². The van der Waals surface area contributed by atoms with E-state index in [-0.39, 0.29) is 11.5 Å². The van der Waals surface area contributed by atoms with Gasteiger partial charge in [-0.2, -0.15) is 0 Å². The Balaban J connectivity index is 2.51. The van der Waals surface area contributed by atoms with E-state index in [2.05, 4.69) is 0 Å². The number of rotatable bonds is 4. The van der Waals surface area contributed by atoms with E-state index in [0.29, 0.717) is 6.54 Å². The lowest BCUT2D eigenvalue weighted by Gasteiger charge is -2.05. The second-order valence-electron chi connectivity index (χ2n) is 4.47. The average molecular weight is 266 g/mol. The molecule has 5 heteroatoms. The third-order valence-corrected chi connectivity index (χ3v) is 4.87. The minimum absolute atomic E-state index is 0.0899. The highest BCUT2D eigenvalue weighted by Crippen LogP contribution is 2.21. The van der Waals surface area contributed by atoms with Gasteiger partial charge in [-0.05, 0) is 23.1 Å². The molecular weight excluding hydrogens is 248 g/mol. The van der Waals surface area contributed by atoms with Gasteiger partial charge in [0.1, 0.15) is 0 Å². The summed E-state index contributed by atoms with van der Waals surface area (Å²) >= 11 is 0. The fourth-order valence-electron chi connectivity index (χ4n) is 2.03.